The lowest BCUT2D eigenvalue weighted by atomic mass is 9.74. The van der Waals surface area contributed by atoms with E-state index in [4.69, 9.17) is 4.42 Å². The summed E-state index contributed by atoms with van der Waals surface area (Å²) in [6.45, 7) is 5.56. The van der Waals surface area contributed by atoms with Crippen molar-refractivity contribution in [1.82, 2.24) is 0 Å². The number of nitrogens with zero attached hydrogens (tertiary/aromatic N) is 1. The van der Waals surface area contributed by atoms with Crippen LogP contribution in [0.1, 0.15) is 53.7 Å². The molecule has 0 aliphatic carbocycles. The first-order valence-electron chi connectivity index (χ1n) is 8.59. The normalized spacial score (nSPS) is 18.7. The van der Waals surface area contributed by atoms with Crippen LogP contribution in [0, 0.1) is 0 Å². The number of anilines is 1. The first kappa shape index (κ1) is 17.1. The molecule has 138 valence electrons. The highest BCUT2D eigenvalue weighted by Gasteiger charge is 2.42. The van der Waals surface area contributed by atoms with E-state index in [1.807, 2.05) is 13.8 Å². The van der Waals surface area contributed by atoms with E-state index in [1.165, 1.54) is 6.07 Å². The Bertz CT molecular complexity index is 988. The lowest BCUT2D eigenvalue weighted by Crippen LogP contribution is -2.41. The van der Waals surface area contributed by atoms with Crippen LogP contribution in [-0.4, -0.2) is 19.4 Å². The highest BCUT2D eigenvalue weighted by molar-refractivity contribution is 5.96. The van der Waals surface area contributed by atoms with Crippen molar-refractivity contribution in [2.45, 2.75) is 44.7 Å². The number of rotatable bonds is 1. The predicted molar refractivity (Wildman–Crippen MR) is 91.1 cm³/mol. The fraction of sp³-hybridized carbons (Fsp3) is 0.474. The third-order valence-electron chi connectivity index (χ3n) is 5.56. The molecule has 0 fully saturated rings. The van der Waals surface area contributed by atoms with Crippen molar-refractivity contribution in [3.63, 3.8) is 0 Å². The summed E-state index contributed by atoms with van der Waals surface area (Å²) in [5.74, 6) is 0. The molecule has 0 bridgehead atoms. The number of carbonyl (C=O) groups excluding carboxylic acids is 1. The van der Waals surface area contributed by atoms with Gasteiger partial charge in [-0.05, 0) is 36.3 Å². The molecule has 0 saturated heterocycles. The number of fused-ring (bicyclic) bond motifs is 2. The highest BCUT2D eigenvalue weighted by Crippen LogP contribution is 2.49. The maximum atomic E-state index is 13.7. The van der Waals surface area contributed by atoms with Crippen LogP contribution in [0.25, 0.3) is 11.0 Å². The van der Waals surface area contributed by atoms with Crippen molar-refractivity contribution >= 4 is 22.9 Å². The van der Waals surface area contributed by atoms with Crippen LogP contribution in [0.2, 0.25) is 0 Å². The lowest BCUT2D eigenvalue weighted by molar-refractivity contribution is -0.136. The van der Waals surface area contributed by atoms with Crippen LogP contribution >= 0.6 is 0 Å². The Kier molecular flexibility index (Phi) is 3.52. The van der Waals surface area contributed by atoms with E-state index < -0.39 is 28.3 Å². The summed E-state index contributed by atoms with van der Waals surface area (Å²) < 4.78 is 46.6. The van der Waals surface area contributed by atoms with Gasteiger partial charge in [-0.3, -0.25) is 4.79 Å². The van der Waals surface area contributed by atoms with E-state index in [-0.39, 0.29) is 17.3 Å². The summed E-state index contributed by atoms with van der Waals surface area (Å²) in [5.41, 5.74) is -1.48. The summed E-state index contributed by atoms with van der Waals surface area (Å²) in [4.78, 5) is 25.5. The van der Waals surface area contributed by atoms with Gasteiger partial charge in [-0.25, -0.2) is 4.79 Å². The fourth-order valence-electron chi connectivity index (χ4n) is 4.32. The molecule has 7 heteroatoms. The van der Waals surface area contributed by atoms with Gasteiger partial charge in [0, 0.05) is 29.7 Å². The number of carbonyl (C=O) groups is 1. The zero-order valence-electron chi connectivity index (χ0n) is 14.5. The van der Waals surface area contributed by atoms with Crippen molar-refractivity contribution in [1.29, 1.82) is 0 Å². The van der Waals surface area contributed by atoms with Gasteiger partial charge in [-0.1, -0.05) is 13.8 Å². The molecule has 3 heterocycles. The van der Waals surface area contributed by atoms with Gasteiger partial charge < -0.3 is 9.32 Å². The summed E-state index contributed by atoms with van der Waals surface area (Å²) in [6.07, 6.45) is -2.61. The van der Waals surface area contributed by atoms with Gasteiger partial charge in [-0.15, -0.1) is 0 Å². The third-order valence-corrected chi connectivity index (χ3v) is 5.56. The molecule has 0 atom stereocenters. The van der Waals surface area contributed by atoms with Crippen LogP contribution < -0.4 is 10.5 Å². The number of hydrogen-bond acceptors (Lipinski definition) is 4. The van der Waals surface area contributed by atoms with E-state index in [0.29, 0.717) is 12.0 Å². The van der Waals surface area contributed by atoms with Crippen LogP contribution in [0.3, 0.4) is 0 Å². The van der Waals surface area contributed by atoms with E-state index in [1.54, 1.807) is 0 Å². The molecule has 0 radical (unpaired) electrons. The Hall–Kier alpha value is -2.31. The maximum Gasteiger partial charge on any atom is 0.418 e. The van der Waals surface area contributed by atoms with Crippen molar-refractivity contribution in [3.05, 3.63) is 38.7 Å². The first-order valence-corrected chi connectivity index (χ1v) is 8.59. The smallest absolute Gasteiger partial charge is 0.418 e. The van der Waals surface area contributed by atoms with E-state index in [2.05, 4.69) is 4.90 Å². The minimum absolute atomic E-state index is 0.0386. The number of hydrogen-bond donors (Lipinski definition) is 0. The zero-order valence-corrected chi connectivity index (χ0v) is 14.5. The molecule has 26 heavy (non-hydrogen) atoms. The molecule has 2 aliphatic rings. The largest absolute Gasteiger partial charge is 0.422 e. The molecule has 0 N–H and O–H groups in total. The van der Waals surface area contributed by atoms with Crippen LogP contribution in [0.15, 0.2) is 15.3 Å². The molecule has 1 aromatic carbocycles. The van der Waals surface area contributed by atoms with Crippen LogP contribution in [0.5, 0.6) is 0 Å². The molecule has 2 aliphatic heterocycles. The summed E-state index contributed by atoms with van der Waals surface area (Å²) in [6, 6.07) is 1.46. The minimum Gasteiger partial charge on any atom is -0.422 e. The quantitative estimate of drug-likeness (QED) is 0.565. The maximum absolute atomic E-state index is 13.7. The number of halogens is 3. The van der Waals surface area contributed by atoms with Gasteiger partial charge in [0.2, 0.25) is 0 Å². The average molecular weight is 365 g/mol. The Morgan fingerprint density at radius 3 is 2.65 bits per heavy atom. The monoisotopic (exact) mass is 365 g/mol. The van der Waals surface area contributed by atoms with Crippen molar-refractivity contribution in [3.8, 4) is 0 Å². The summed E-state index contributed by atoms with van der Waals surface area (Å²) in [5, 5.41) is -0.190. The molecule has 4 rings (SSSR count). The van der Waals surface area contributed by atoms with Gasteiger partial charge in [0.25, 0.3) is 0 Å². The van der Waals surface area contributed by atoms with Gasteiger partial charge in [0.05, 0.1) is 5.56 Å². The summed E-state index contributed by atoms with van der Waals surface area (Å²) in [7, 11) is 0. The van der Waals surface area contributed by atoms with E-state index in [0.717, 1.165) is 37.2 Å². The van der Waals surface area contributed by atoms with Crippen molar-refractivity contribution in [2.75, 3.05) is 18.0 Å². The molecular formula is C19H18F3NO3. The fourth-order valence-corrected chi connectivity index (χ4v) is 4.32. The SMILES string of the molecule is CC1(C)CCN2CCCc3cc4c(C(F)(F)F)c(C=O)c(=O)oc4c1c32. The third kappa shape index (κ3) is 2.29. The van der Waals surface area contributed by atoms with Crippen molar-refractivity contribution in [2.24, 2.45) is 0 Å². The molecule has 4 nitrogen and oxygen atoms in total. The number of benzene rings is 1. The zero-order chi connectivity index (χ0) is 18.9. The number of alkyl halides is 3. The van der Waals surface area contributed by atoms with Gasteiger partial charge in [-0.2, -0.15) is 13.2 Å². The van der Waals surface area contributed by atoms with Gasteiger partial charge >= 0.3 is 11.8 Å². The standard InChI is InChI=1S/C19H18F3NO3/c1-18(2)5-7-23-6-3-4-10-8-11-13(19(20,21)22)12(9-24)17(25)26-16(11)14(18)15(10)23/h8-9H,3-7H2,1-2H3. The summed E-state index contributed by atoms with van der Waals surface area (Å²) >= 11 is 0. The molecular weight excluding hydrogens is 347 g/mol. The molecule has 0 unspecified atom stereocenters. The Balaban J connectivity index is 2.24. The molecule has 1 aromatic heterocycles. The highest BCUT2D eigenvalue weighted by atomic mass is 19.4. The van der Waals surface area contributed by atoms with Crippen LogP contribution in [0.4, 0.5) is 18.9 Å². The molecule has 0 saturated carbocycles. The molecule has 2 aromatic rings. The van der Waals surface area contributed by atoms with Gasteiger partial charge in [0.15, 0.2) is 6.29 Å². The van der Waals surface area contributed by atoms with Crippen LogP contribution in [-0.2, 0) is 18.0 Å². The topological polar surface area (TPSA) is 50.5 Å². The number of aryl methyl sites for hydroxylation is 1. The second-order valence-electron chi connectivity index (χ2n) is 7.65. The molecule has 0 amide bonds. The Morgan fingerprint density at radius 1 is 1.27 bits per heavy atom. The Morgan fingerprint density at radius 2 is 2.00 bits per heavy atom. The number of aldehydes is 1. The lowest BCUT2D eigenvalue weighted by Gasteiger charge is -2.44. The van der Waals surface area contributed by atoms with Gasteiger partial charge in [0.1, 0.15) is 11.1 Å². The molecule has 0 spiro atoms. The second kappa shape index (κ2) is 5.34. The first-order chi connectivity index (χ1) is 12.1. The predicted octanol–water partition coefficient (Wildman–Crippen LogP) is 4.06. The Labute approximate surface area is 147 Å². The minimum atomic E-state index is -4.82. The average Bonchev–Trinajstić information content (AvgIpc) is 2.55. The second-order valence-corrected chi connectivity index (χ2v) is 7.65. The van der Waals surface area contributed by atoms with Crippen molar-refractivity contribution < 1.29 is 22.4 Å². The van der Waals surface area contributed by atoms with E-state index >= 15 is 0 Å². The van der Waals surface area contributed by atoms with E-state index in [9.17, 15) is 22.8 Å².